The summed E-state index contributed by atoms with van der Waals surface area (Å²) >= 11 is 6.05. The molecule has 0 bridgehead atoms. The number of rotatable bonds is 4. The monoisotopic (exact) mass is 367 g/mol. The van der Waals surface area contributed by atoms with Gasteiger partial charge < -0.3 is 10.1 Å². The van der Waals surface area contributed by atoms with Gasteiger partial charge in [0.1, 0.15) is 5.75 Å². The molecule has 0 aliphatic carbocycles. The molecule has 2 aromatic rings. The van der Waals surface area contributed by atoms with E-state index in [1.165, 1.54) is 19.2 Å². The van der Waals surface area contributed by atoms with E-state index in [1.807, 2.05) is 6.92 Å². The standard InChI is InChI=1S/C17H18ClNO4S/c1-10-5-6-12(24(4,21)22)8-13(10)17(20)19-15-7-11(2)14(18)9-16(15)23-3/h5-9H,1-4H3,(H,19,20). The lowest BCUT2D eigenvalue weighted by Crippen LogP contribution is -2.15. The molecule has 0 fully saturated rings. The van der Waals surface area contributed by atoms with Gasteiger partial charge in [-0.25, -0.2) is 8.42 Å². The zero-order chi connectivity index (χ0) is 18.1. The second-order valence-electron chi connectivity index (χ2n) is 5.50. The Kier molecular flexibility index (Phi) is 5.20. The normalized spacial score (nSPS) is 11.2. The van der Waals surface area contributed by atoms with Crippen molar-refractivity contribution in [3.8, 4) is 5.75 Å². The van der Waals surface area contributed by atoms with Crippen molar-refractivity contribution in [2.75, 3.05) is 18.7 Å². The van der Waals surface area contributed by atoms with E-state index in [1.54, 1.807) is 25.1 Å². The van der Waals surface area contributed by atoms with Gasteiger partial charge in [-0.15, -0.1) is 0 Å². The summed E-state index contributed by atoms with van der Waals surface area (Å²) < 4.78 is 28.6. The maximum atomic E-state index is 12.6. The van der Waals surface area contributed by atoms with E-state index < -0.39 is 15.7 Å². The van der Waals surface area contributed by atoms with Crippen LogP contribution in [0.25, 0.3) is 0 Å². The molecule has 0 heterocycles. The van der Waals surface area contributed by atoms with Crippen LogP contribution in [0.4, 0.5) is 5.69 Å². The first kappa shape index (κ1) is 18.3. The van der Waals surface area contributed by atoms with Gasteiger partial charge in [0.2, 0.25) is 0 Å². The highest BCUT2D eigenvalue weighted by Crippen LogP contribution is 2.31. The largest absolute Gasteiger partial charge is 0.495 e. The summed E-state index contributed by atoms with van der Waals surface area (Å²) in [4.78, 5) is 12.7. The van der Waals surface area contributed by atoms with Crippen LogP contribution in [0.1, 0.15) is 21.5 Å². The number of amides is 1. The van der Waals surface area contributed by atoms with Gasteiger partial charge in [0.05, 0.1) is 17.7 Å². The third-order valence-electron chi connectivity index (χ3n) is 3.61. The third-order valence-corrected chi connectivity index (χ3v) is 5.13. The van der Waals surface area contributed by atoms with Crippen molar-refractivity contribution in [3.63, 3.8) is 0 Å². The van der Waals surface area contributed by atoms with Crippen molar-refractivity contribution in [2.45, 2.75) is 18.7 Å². The fourth-order valence-electron chi connectivity index (χ4n) is 2.20. The number of hydrogen-bond acceptors (Lipinski definition) is 4. The molecular formula is C17H18ClNO4S. The zero-order valence-electron chi connectivity index (χ0n) is 13.8. The predicted octanol–water partition coefficient (Wildman–Crippen LogP) is 3.62. The van der Waals surface area contributed by atoms with Gasteiger partial charge in [0.15, 0.2) is 9.84 Å². The van der Waals surface area contributed by atoms with Crippen LogP contribution < -0.4 is 10.1 Å². The number of carbonyl (C=O) groups is 1. The molecule has 1 N–H and O–H groups in total. The average Bonchev–Trinajstić information content (AvgIpc) is 2.49. The Hall–Kier alpha value is -2.05. The fraction of sp³-hybridized carbons (Fsp3) is 0.235. The first-order valence-electron chi connectivity index (χ1n) is 7.09. The number of sulfone groups is 1. The molecule has 0 aliphatic heterocycles. The van der Waals surface area contributed by atoms with E-state index in [9.17, 15) is 13.2 Å². The van der Waals surface area contributed by atoms with Crippen molar-refractivity contribution in [3.05, 3.63) is 52.0 Å². The molecule has 2 aromatic carbocycles. The van der Waals surface area contributed by atoms with Crippen LogP contribution in [-0.2, 0) is 9.84 Å². The highest BCUT2D eigenvalue weighted by atomic mass is 35.5. The highest BCUT2D eigenvalue weighted by molar-refractivity contribution is 7.90. The number of carbonyl (C=O) groups excluding carboxylic acids is 1. The summed E-state index contributed by atoms with van der Waals surface area (Å²) in [5, 5.41) is 3.28. The van der Waals surface area contributed by atoms with Gasteiger partial charge in [-0.2, -0.15) is 0 Å². The molecule has 0 saturated heterocycles. The Bertz CT molecular complexity index is 907. The Morgan fingerprint density at radius 2 is 1.79 bits per heavy atom. The van der Waals surface area contributed by atoms with Gasteiger partial charge in [-0.3, -0.25) is 4.79 Å². The first-order chi connectivity index (χ1) is 11.1. The molecule has 0 atom stereocenters. The van der Waals surface area contributed by atoms with Gasteiger partial charge in [-0.1, -0.05) is 17.7 Å². The molecule has 2 rings (SSSR count). The quantitative estimate of drug-likeness (QED) is 0.895. The van der Waals surface area contributed by atoms with E-state index in [0.29, 0.717) is 22.0 Å². The van der Waals surface area contributed by atoms with Crippen LogP contribution in [0.15, 0.2) is 35.2 Å². The summed E-state index contributed by atoms with van der Waals surface area (Å²) in [6, 6.07) is 7.78. The van der Waals surface area contributed by atoms with Gasteiger partial charge in [0, 0.05) is 22.9 Å². The lowest BCUT2D eigenvalue weighted by molar-refractivity contribution is 0.102. The lowest BCUT2D eigenvalue weighted by atomic mass is 10.1. The first-order valence-corrected chi connectivity index (χ1v) is 9.36. The maximum absolute atomic E-state index is 12.6. The Balaban J connectivity index is 2.43. The second-order valence-corrected chi connectivity index (χ2v) is 7.93. The molecule has 0 aromatic heterocycles. The molecule has 0 unspecified atom stereocenters. The van der Waals surface area contributed by atoms with Crippen LogP contribution in [0.5, 0.6) is 5.75 Å². The molecule has 24 heavy (non-hydrogen) atoms. The number of aryl methyl sites for hydroxylation is 2. The summed E-state index contributed by atoms with van der Waals surface area (Å²) in [5.41, 5.74) is 2.21. The number of halogens is 1. The molecular weight excluding hydrogens is 350 g/mol. The number of anilines is 1. The van der Waals surface area contributed by atoms with Crippen LogP contribution >= 0.6 is 11.6 Å². The van der Waals surface area contributed by atoms with E-state index in [4.69, 9.17) is 16.3 Å². The smallest absolute Gasteiger partial charge is 0.256 e. The van der Waals surface area contributed by atoms with Crippen molar-refractivity contribution < 1.29 is 17.9 Å². The minimum atomic E-state index is -3.40. The predicted molar refractivity (Wildman–Crippen MR) is 95.0 cm³/mol. The number of ether oxygens (including phenoxy) is 1. The molecule has 5 nitrogen and oxygen atoms in total. The average molecular weight is 368 g/mol. The molecule has 1 amide bonds. The van der Waals surface area contributed by atoms with Crippen molar-refractivity contribution in [2.24, 2.45) is 0 Å². The van der Waals surface area contributed by atoms with Gasteiger partial charge in [-0.05, 0) is 43.2 Å². The van der Waals surface area contributed by atoms with Crippen molar-refractivity contribution >= 4 is 33.0 Å². The van der Waals surface area contributed by atoms with Crippen LogP contribution in [0.2, 0.25) is 5.02 Å². The maximum Gasteiger partial charge on any atom is 0.256 e. The lowest BCUT2D eigenvalue weighted by Gasteiger charge is -2.13. The summed E-state index contributed by atoms with van der Waals surface area (Å²) in [6.45, 7) is 3.55. The molecule has 0 aliphatic rings. The van der Waals surface area contributed by atoms with E-state index in [0.717, 1.165) is 11.8 Å². The Morgan fingerprint density at radius 3 is 2.38 bits per heavy atom. The van der Waals surface area contributed by atoms with E-state index in [2.05, 4.69) is 5.32 Å². The minimum Gasteiger partial charge on any atom is -0.495 e. The summed E-state index contributed by atoms with van der Waals surface area (Å²) in [6.07, 6.45) is 1.10. The van der Waals surface area contributed by atoms with Gasteiger partial charge in [0.25, 0.3) is 5.91 Å². The molecule has 0 radical (unpaired) electrons. The zero-order valence-corrected chi connectivity index (χ0v) is 15.4. The van der Waals surface area contributed by atoms with Crippen LogP contribution in [0.3, 0.4) is 0 Å². The van der Waals surface area contributed by atoms with E-state index in [-0.39, 0.29) is 10.5 Å². The fourth-order valence-corrected chi connectivity index (χ4v) is 3.00. The topological polar surface area (TPSA) is 72.5 Å². The van der Waals surface area contributed by atoms with Crippen molar-refractivity contribution in [1.29, 1.82) is 0 Å². The number of nitrogens with one attached hydrogen (secondary N) is 1. The summed E-state index contributed by atoms with van der Waals surface area (Å²) in [5.74, 6) is 0.00823. The Morgan fingerprint density at radius 1 is 1.12 bits per heavy atom. The van der Waals surface area contributed by atoms with Gasteiger partial charge >= 0.3 is 0 Å². The molecule has 7 heteroatoms. The second kappa shape index (κ2) is 6.83. The highest BCUT2D eigenvalue weighted by Gasteiger charge is 2.16. The van der Waals surface area contributed by atoms with Crippen LogP contribution in [0, 0.1) is 13.8 Å². The molecule has 128 valence electrons. The molecule has 0 spiro atoms. The minimum absolute atomic E-state index is 0.0949. The van der Waals surface area contributed by atoms with Crippen LogP contribution in [-0.4, -0.2) is 27.7 Å². The number of methoxy groups -OCH3 is 1. The van der Waals surface area contributed by atoms with E-state index >= 15 is 0 Å². The number of benzene rings is 2. The Labute approximate surface area is 146 Å². The van der Waals surface area contributed by atoms with Crippen molar-refractivity contribution in [1.82, 2.24) is 0 Å². The molecule has 0 saturated carbocycles. The SMILES string of the molecule is COc1cc(Cl)c(C)cc1NC(=O)c1cc(S(C)(=O)=O)ccc1C. The number of hydrogen-bond donors (Lipinski definition) is 1. The summed E-state index contributed by atoms with van der Waals surface area (Å²) in [7, 11) is -1.92. The third kappa shape index (κ3) is 3.88.